The highest BCUT2D eigenvalue weighted by Crippen LogP contribution is 2.53. The van der Waals surface area contributed by atoms with Gasteiger partial charge in [-0.1, -0.05) is 72.8 Å². The average molecular weight is 467 g/mol. The minimum Gasteiger partial charge on any atom is -0.358 e. The van der Waals surface area contributed by atoms with E-state index in [0.717, 1.165) is 38.5 Å². The van der Waals surface area contributed by atoms with Gasteiger partial charge in [0.2, 0.25) is 0 Å². The predicted molar refractivity (Wildman–Crippen MR) is 152 cm³/mol. The summed E-state index contributed by atoms with van der Waals surface area (Å²) in [5.41, 5.74) is 13.7. The van der Waals surface area contributed by atoms with Crippen molar-refractivity contribution in [1.82, 2.24) is 9.97 Å². The van der Waals surface area contributed by atoms with E-state index in [1.54, 1.807) is 0 Å². The van der Waals surface area contributed by atoms with Crippen LogP contribution in [0.25, 0.3) is 44.1 Å². The molecule has 2 N–H and O–H groups in total. The molecular formula is C34H30N2. The van der Waals surface area contributed by atoms with Crippen LogP contribution >= 0.6 is 0 Å². The molecule has 1 aliphatic carbocycles. The van der Waals surface area contributed by atoms with E-state index in [0.29, 0.717) is 0 Å². The number of aryl methyl sites for hydroxylation is 4. The first-order valence-electron chi connectivity index (χ1n) is 13.2. The van der Waals surface area contributed by atoms with Crippen molar-refractivity contribution in [3.05, 3.63) is 120 Å². The summed E-state index contributed by atoms with van der Waals surface area (Å²) in [5.74, 6) is 0. The number of hydrogen-bond donors (Lipinski definition) is 2. The molecule has 0 bridgehead atoms. The Morgan fingerprint density at radius 3 is 1.33 bits per heavy atom. The molecule has 2 nitrogen and oxygen atoms in total. The van der Waals surface area contributed by atoms with Crippen molar-refractivity contribution < 1.29 is 0 Å². The number of hydrogen-bond acceptors (Lipinski definition) is 0. The Bertz CT molecular complexity index is 1530. The van der Waals surface area contributed by atoms with Crippen molar-refractivity contribution in [3.63, 3.8) is 0 Å². The largest absolute Gasteiger partial charge is 0.358 e. The summed E-state index contributed by atoms with van der Waals surface area (Å²) in [6.07, 6.45) is 6.72. The fourth-order valence-corrected chi connectivity index (χ4v) is 5.98. The fourth-order valence-electron chi connectivity index (χ4n) is 5.98. The lowest BCUT2D eigenvalue weighted by molar-refractivity contribution is 0.806. The second-order valence-corrected chi connectivity index (χ2v) is 10.2. The van der Waals surface area contributed by atoms with E-state index in [-0.39, 0.29) is 0 Å². The number of aromatic amines is 2. The molecule has 176 valence electrons. The van der Waals surface area contributed by atoms with Crippen molar-refractivity contribution in [3.8, 4) is 22.3 Å². The van der Waals surface area contributed by atoms with Gasteiger partial charge in [-0.05, 0) is 96.2 Å². The van der Waals surface area contributed by atoms with Gasteiger partial charge in [-0.25, -0.2) is 0 Å². The van der Waals surface area contributed by atoms with E-state index < -0.39 is 0 Å². The number of rotatable bonds is 8. The van der Waals surface area contributed by atoms with E-state index in [1.165, 1.54) is 66.6 Å². The van der Waals surface area contributed by atoms with E-state index in [2.05, 4.69) is 107 Å². The van der Waals surface area contributed by atoms with Gasteiger partial charge < -0.3 is 9.97 Å². The Morgan fingerprint density at radius 1 is 0.444 bits per heavy atom. The maximum atomic E-state index is 3.69. The first-order valence-corrected chi connectivity index (χ1v) is 13.2. The molecule has 1 aliphatic rings. The summed E-state index contributed by atoms with van der Waals surface area (Å²) < 4.78 is 0. The monoisotopic (exact) mass is 466 g/mol. The van der Waals surface area contributed by atoms with Gasteiger partial charge in [0.1, 0.15) is 0 Å². The van der Waals surface area contributed by atoms with E-state index in [1.807, 2.05) is 0 Å². The standard InChI is InChI=1S/C34H30N2/c1-3-9-23(10-4-1)13-7-15-25-21-29-31(35-25)19-17-27-33(29)28-18-20-32-30(34(27)28)22-26(36-32)16-8-14-24-11-5-2-6-12-24/h1-6,9-12,17-22,35-36H,7-8,13-16H2. The molecule has 7 rings (SSSR count). The third kappa shape index (κ3) is 3.74. The minimum atomic E-state index is 1.08. The zero-order chi connectivity index (χ0) is 23.9. The summed E-state index contributed by atoms with van der Waals surface area (Å²) >= 11 is 0. The van der Waals surface area contributed by atoms with Crippen molar-refractivity contribution in [1.29, 1.82) is 0 Å². The van der Waals surface area contributed by atoms with Crippen molar-refractivity contribution in [2.24, 2.45) is 0 Å². The van der Waals surface area contributed by atoms with Crippen LogP contribution in [0.3, 0.4) is 0 Å². The molecule has 0 amide bonds. The molecule has 0 fully saturated rings. The molecule has 0 saturated carbocycles. The van der Waals surface area contributed by atoms with Crippen LogP contribution in [0.15, 0.2) is 97.1 Å². The SMILES string of the molecule is c1ccc(CCCc2cc3c4c(ccc3[nH]2)-c2c-4ccc3[nH]c(CCCc4ccccc4)cc23)cc1. The molecule has 0 unspecified atom stereocenters. The number of benzene rings is 4. The van der Waals surface area contributed by atoms with Gasteiger partial charge in [0, 0.05) is 33.2 Å². The van der Waals surface area contributed by atoms with Gasteiger partial charge >= 0.3 is 0 Å². The molecule has 2 aromatic heterocycles. The first kappa shape index (κ1) is 21.3. The third-order valence-electron chi connectivity index (χ3n) is 7.77. The van der Waals surface area contributed by atoms with Crippen LogP contribution in [-0.2, 0) is 25.7 Å². The fraction of sp³-hybridized carbons (Fsp3) is 0.176. The molecule has 0 saturated heterocycles. The Hall–Kier alpha value is -4.04. The van der Waals surface area contributed by atoms with Gasteiger partial charge in [-0.15, -0.1) is 0 Å². The lowest BCUT2D eigenvalue weighted by atomic mass is 9.77. The van der Waals surface area contributed by atoms with Gasteiger partial charge in [0.25, 0.3) is 0 Å². The summed E-state index contributed by atoms with van der Waals surface area (Å²) in [5, 5.41) is 2.74. The zero-order valence-corrected chi connectivity index (χ0v) is 20.5. The molecule has 0 spiro atoms. The normalized spacial score (nSPS) is 12.0. The lowest BCUT2D eigenvalue weighted by Gasteiger charge is -2.25. The van der Waals surface area contributed by atoms with Gasteiger partial charge in [0.05, 0.1) is 0 Å². The molecule has 2 heteroatoms. The van der Waals surface area contributed by atoms with Gasteiger partial charge in [0.15, 0.2) is 0 Å². The van der Waals surface area contributed by atoms with Crippen LogP contribution in [-0.4, -0.2) is 9.97 Å². The third-order valence-corrected chi connectivity index (χ3v) is 7.77. The quantitative estimate of drug-likeness (QED) is 0.225. The van der Waals surface area contributed by atoms with Crippen molar-refractivity contribution in [2.45, 2.75) is 38.5 Å². The minimum absolute atomic E-state index is 1.08. The smallest absolute Gasteiger partial charge is 0.0462 e. The highest BCUT2D eigenvalue weighted by molar-refractivity contribution is 6.21. The van der Waals surface area contributed by atoms with E-state index in [4.69, 9.17) is 0 Å². The molecule has 6 aromatic rings. The second-order valence-electron chi connectivity index (χ2n) is 10.2. The molecule has 0 aliphatic heterocycles. The molecule has 0 radical (unpaired) electrons. The lowest BCUT2D eigenvalue weighted by Crippen LogP contribution is -1.99. The van der Waals surface area contributed by atoms with E-state index >= 15 is 0 Å². The Kier molecular flexibility index (Phi) is 5.24. The maximum Gasteiger partial charge on any atom is 0.0462 e. The van der Waals surface area contributed by atoms with Gasteiger partial charge in [-0.2, -0.15) is 0 Å². The summed E-state index contributed by atoms with van der Waals surface area (Å²) in [7, 11) is 0. The summed E-state index contributed by atoms with van der Waals surface area (Å²) in [6.45, 7) is 0. The van der Waals surface area contributed by atoms with Crippen LogP contribution in [0.4, 0.5) is 0 Å². The van der Waals surface area contributed by atoms with Gasteiger partial charge in [-0.3, -0.25) is 0 Å². The number of fused-ring (bicyclic) bond motifs is 8. The molecule has 36 heavy (non-hydrogen) atoms. The maximum absolute atomic E-state index is 3.69. The highest BCUT2D eigenvalue weighted by atomic mass is 14.7. The van der Waals surface area contributed by atoms with E-state index in [9.17, 15) is 0 Å². The molecule has 0 atom stereocenters. The van der Waals surface area contributed by atoms with Crippen molar-refractivity contribution >= 4 is 21.8 Å². The summed E-state index contributed by atoms with van der Waals surface area (Å²) in [6, 6.07) is 35.5. The van der Waals surface area contributed by atoms with Crippen LogP contribution in [0.5, 0.6) is 0 Å². The Labute approximate surface area is 212 Å². The highest BCUT2D eigenvalue weighted by Gasteiger charge is 2.28. The van der Waals surface area contributed by atoms with Crippen LogP contribution in [0.1, 0.15) is 35.4 Å². The zero-order valence-electron chi connectivity index (χ0n) is 20.5. The first-order chi connectivity index (χ1) is 17.8. The predicted octanol–water partition coefficient (Wildman–Crippen LogP) is 8.65. The average Bonchev–Trinajstić information content (AvgIpc) is 3.49. The Morgan fingerprint density at radius 2 is 0.889 bits per heavy atom. The van der Waals surface area contributed by atoms with Crippen LogP contribution < -0.4 is 0 Å². The van der Waals surface area contributed by atoms with Crippen LogP contribution in [0.2, 0.25) is 0 Å². The summed E-state index contributed by atoms with van der Waals surface area (Å²) in [4.78, 5) is 7.37. The molecule has 2 heterocycles. The Balaban J connectivity index is 1.11. The second kappa shape index (κ2) is 8.87. The van der Waals surface area contributed by atoms with Crippen LogP contribution in [0, 0.1) is 0 Å². The number of nitrogens with one attached hydrogen (secondary N) is 2. The number of H-pyrrole nitrogens is 2. The topological polar surface area (TPSA) is 31.6 Å². The van der Waals surface area contributed by atoms with Crippen molar-refractivity contribution in [2.75, 3.05) is 0 Å². The number of aromatic nitrogens is 2. The molecular weight excluding hydrogens is 436 g/mol. The molecule has 4 aromatic carbocycles.